The lowest BCUT2D eigenvalue weighted by molar-refractivity contribution is -0.137. The van der Waals surface area contributed by atoms with Crippen molar-refractivity contribution in [1.82, 2.24) is 15.1 Å². The molecule has 0 bridgehead atoms. The smallest absolute Gasteiger partial charge is 0.228 e. The molecule has 8 nitrogen and oxygen atoms in total. The number of allylic oxidation sites excluding steroid dienone is 3. The molecule has 2 amide bonds. The standard InChI is InChI=1S/C43H46ClN3O5/c1-43(2)25-34-40(37(49)26-43)42(32-17-16-31(24-33(32)44)52-27-28-10-5-3-6-11-28)47(35-14-9-15-36(48)41(35)45-34)39(51)19-18-38(50)46-22-20-30(21-23-46)29-12-7-4-8-13-29/h3-8,10-14,16-17,24,30,42,45,48H,9,15,18-23,25-27H2,1-2H3. The normalized spacial score (nSPS) is 20.4. The third kappa shape index (κ3) is 7.54. The van der Waals surface area contributed by atoms with Gasteiger partial charge < -0.3 is 20.1 Å². The molecular weight excluding hydrogens is 674 g/mol. The Morgan fingerprint density at radius 3 is 2.35 bits per heavy atom. The number of hydrogen-bond acceptors (Lipinski definition) is 6. The van der Waals surface area contributed by atoms with Gasteiger partial charge in [-0.1, -0.05) is 98.3 Å². The number of halogens is 1. The van der Waals surface area contributed by atoms with E-state index in [1.165, 1.54) is 5.56 Å². The molecule has 1 unspecified atom stereocenters. The van der Waals surface area contributed by atoms with Gasteiger partial charge in [0.1, 0.15) is 23.8 Å². The second kappa shape index (κ2) is 15.0. The molecule has 0 saturated carbocycles. The third-order valence-corrected chi connectivity index (χ3v) is 11.0. The zero-order valence-corrected chi connectivity index (χ0v) is 30.6. The summed E-state index contributed by atoms with van der Waals surface area (Å²) in [6.07, 6.45) is 5.43. The zero-order valence-electron chi connectivity index (χ0n) is 29.9. The van der Waals surface area contributed by atoms with E-state index in [0.717, 1.165) is 18.4 Å². The predicted molar refractivity (Wildman–Crippen MR) is 201 cm³/mol. The van der Waals surface area contributed by atoms with Gasteiger partial charge in [0.15, 0.2) is 5.78 Å². The number of nitrogens with one attached hydrogen (secondary N) is 1. The monoisotopic (exact) mass is 719 g/mol. The van der Waals surface area contributed by atoms with Gasteiger partial charge in [-0.15, -0.1) is 0 Å². The highest BCUT2D eigenvalue weighted by molar-refractivity contribution is 6.31. The average molecular weight is 720 g/mol. The molecule has 4 aliphatic rings. The molecule has 3 aromatic rings. The summed E-state index contributed by atoms with van der Waals surface area (Å²) < 4.78 is 6.07. The van der Waals surface area contributed by atoms with Gasteiger partial charge in [-0.25, -0.2) is 0 Å². The highest BCUT2D eigenvalue weighted by Gasteiger charge is 2.45. The Morgan fingerprint density at radius 2 is 1.63 bits per heavy atom. The molecule has 0 aromatic heterocycles. The first-order valence-electron chi connectivity index (χ1n) is 18.3. The maximum Gasteiger partial charge on any atom is 0.228 e. The van der Waals surface area contributed by atoms with Crippen LogP contribution in [0.25, 0.3) is 0 Å². The van der Waals surface area contributed by atoms with E-state index in [1.807, 2.05) is 85.5 Å². The van der Waals surface area contributed by atoms with Gasteiger partial charge in [0.25, 0.3) is 0 Å². The SMILES string of the molecule is CC1(C)CC(=O)C2=C(C1)NC1=C(O)CCC=C1N(C(=O)CCC(=O)N1CCC(c3ccccc3)CC1)C2c1ccc(OCc2ccccc2)cc1Cl. The van der Waals surface area contributed by atoms with E-state index in [0.29, 0.717) is 90.3 Å². The number of ether oxygens (including phenoxy) is 1. The number of rotatable bonds is 8. The first kappa shape index (κ1) is 35.6. The first-order chi connectivity index (χ1) is 25.1. The van der Waals surface area contributed by atoms with Gasteiger partial charge in [-0.05, 0) is 65.8 Å². The second-order valence-electron chi connectivity index (χ2n) is 15.1. The Balaban J connectivity index is 1.19. The van der Waals surface area contributed by atoms with Crippen LogP contribution < -0.4 is 10.1 Å². The van der Waals surface area contributed by atoms with Crippen LogP contribution in [0.4, 0.5) is 0 Å². The van der Waals surface area contributed by atoms with Crippen LogP contribution in [0.15, 0.2) is 113 Å². The summed E-state index contributed by atoms with van der Waals surface area (Å²) in [4.78, 5) is 45.9. The molecule has 2 N–H and O–H groups in total. The summed E-state index contributed by atoms with van der Waals surface area (Å²) in [6, 6.07) is 24.7. The topological polar surface area (TPSA) is 99.2 Å². The van der Waals surface area contributed by atoms with E-state index in [-0.39, 0.29) is 41.6 Å². The summed E-state index contributed by atoms with van der Waals surface area (Å²) >= 11 is 7.08. The largest absolute Gasteiger partial charge is 0.510 e. The van der Waals surface area contributed by atoms with Crippen LogP contribution in [-0.2, 0) is 21.0 Å². The van der Waals surface area contributed by atoms with E-state index in [9.17, 15) is 19.5 Å². The highest BCUT2D eigenvalue weighted by atomic mass is 35.5. The summed E-state index contributed by atoms with van der Waals surface area (Å²) in [5.74, 6) is 0.641. The first-order valence-corrected chi connectivity index (χ1v) is 18.7. The fraction of sp³-hybridized carbons (Fsp3) is 0.372. The molecule has 1 atom stereocenters. The summed E-state index contributed by atoms with van der Waals surface area (Å²) in [5, 5.41) is 15.0. The van der Waals surface area contributed by atoms with Crippen molar-refractivity contribution in [3.05, 3.63) is 135 Å². The van der Waals surface area contributed by atoms with Crippen molar-refractivity contribution in [2.45, 2.75) is 83.8 Å². The minimum atomic E-state index is -0.874. The molecular formula is C43H46ClN3O5. The Morgan fingerprint density at radius 1 is 0.942 bits per heavy atom. The maximum atomic E-state index is 14.6. The van der Waals surface area contributed by atoms with Gasteiger partial charge in [-0.3, -0.25) is 19.3 Å². The number of benzene rings is 3. The molecule has 1 saturated heterocycles. The number of likely N-dealkylation sites (tertiary alicyclic amines) is 1. The van der Waals surface area contributed by atoms with Gasteiger partial charge in [0.05, 0.1) is 11.7 Å². The predicted octanol–water partition coefficient (Wildman–Crippen LogP) is 8.67. The fourth-order valence-electron chi connectivity index (χ4n) is 8.07. The number of fused-ring (bicyclic) bond motifs is 1. The van der Waals surface area contributed by atoms with E-state index in [1.54, 1.807) is 11.0 Å². The van der Waals surface area contributed by atoms with E-state index in [2.05, 4.69) is 17.4 Å². The van der Waals surface area contributed by atoms with Gasteiger partial charge in [-0.2, -0.15) is 0 Å². The van der Waals surface area contributed by atoms with Gasteiger partial charge in [0.2, 0.25) is 11.8 Å². The molecule has 52 heavy (non-hydrogen) atoms. The summed E-state index contributed by atoms with van der Waals surface area (Å²) in [7, 11) is 0. The Kier molecular flexibility index (Phi) is 10.3. The van der Waals surface area contributed by atoms with Crippen molar-refractivity contribution in [3.8, 4) is 5.75 Å². The van der Waals surface area contributed by atoms with Crippen molar-refractivity contribution in [1.29, 1.82) is 0 Å². The molecule has 9 heteroatoms. The average Bonchev–Trinajstić information content (AvgIpc) is 3.28. The van der Waals surface area contributed by atoms with E-state index in [4.69, 9.17) is 16.3 Å². The van der Waals surface area contributed by atoms with Crippen LogP contribution in [-0.4, -0.2) is 45.6 Å². The van der Waals surface area contributed by atoms with Crippen molar-refractivity contribution < 1.29 is 24.2 Å². The molecule has 3 aromatic carbocycles. The van der Waals surface area contributed by atoms with E-state index < -0.39 is 6.04 Å². The minimum absolute atomic E-state index is 0.0384. The molecule has 2 heterocycles. The number of piperidine rings is 1. The Hall–Kier alpha value is -4.82. The lowest BCUT2D eigenvalue weighted by Crippen LogP contribution is -2.40. The fourth-order valence-corrected chi connectivity index (χ4v) is 8.35. The van der Waals surface area contributed by atoms with Crippen molar-refractivity contribution >= 4 is 29.2 Å². The molecule has 2 aliphatic carbocycles. The number of carbonyl (C=O) groups excluding carboxylic acids is 3. The van der Waals surface area contributed by atoms with Gasteiger partial charge >= 0.3 is 0 Å². The molecule has 270 valence electrons. The van der Waals surface area contributed by atoms with Crippen LogP contribution >= 0.6 is 11.6 Å². The highest BCUT2D eigenvalue weighted by Crippen LogP contribution is 2.49. The van der Waals surface area contributed by atoms with Crippen LogP contribution in [0.5, 0.6) is 5.75 Å². The van der Waals surface area contributed by atoms with Crippen molar-refractivity contribution in [3.63, 3.8) is 0 Å². The quantitative estimate of drug-likeness (QED) is 0.242. The summed E-state index contributed by atoms with van der Waals surface area (Å²) in [5.41, 5.74) is 4.60. The second-order valence-corrected chi connectivity index (χ2v) is 15.5. The summed E-state index contributed by atoms with van der Waals surface area (Å²) in [6.45, 7) is 5.74. The van der Waals surface area contributed by atoms with Crippen molar-refractivity contribution in [2.24, 2.45) is 5.41 Å². The number of nitrogens with zero attached hydrogens (tertiary/aromatic N) is 2. The molecule has 2 aliphatic heterocycles. The van der Waals surface area contributed by atoms with Crippen LogP contribution in [0, 0.1) is 5.41 Å². The molecule has 1 fully saturated rings. The lowest BCUT2D eigenvalue weighted by Gasteiger charge is -2.38. The molecule has 7 rings (SSSR count). The number of carbonyl (C=O) groups is 3. The number of Topliss-reactive ketones (excluding diaryl/α,β-unsaturated/α-hetero) is 1. The minimum Gasteiger partial charge on any atom is -0.510 e. The van der Waals surface area contributed by atoms with Crippen LogP contribution in [0.2, 0.25) is 5.02 Å². The molecule has 0 spiro atoms. The lowest BCUT2D eigenvalue weighted by atomic mass is 9.73. The maximum absolute atomic E-state index is 14.6. The number of aliphatic hydroxyl groups excluding tert-OH is 1. The molecule has 0 radical (unpaired) electrons. The zero-order chi connectivity index (χ0) is 36.4. The Bertz CT molecular complexity index is 1940. The number of ketones is 1. The Labute approximate surface area is 310 Å². The van der Waals surface area contributed by atoms with E-state index >= 15 is 0 Å². The number of aliphatic hydroxyl groups is 1. The van der Waals surface area contributed by atoms with Crippen LogP contribution in [0.3, 0.4) is 0 Å². The number of hydrogen-bond donors (Lipinski definition) is 2. The third-order valence-electron chi connectivity index (χ3n) is 10.7. The number of amides is 2. The van der Waals surface area contributed by atoms with Crippen LogP contribution in [0.1, 0.15) is 93.9 Å². The van der Waals surface area contributed by atoms with Gasteiger partial charge in [0, 0.05) is 55.1 Å². The van der Waals surface area contributed by atoms with Crippen molar-refractivity contribution in [2.75, 3.05) is 13.1 Å².